The Hall–Kier alpha value is -1.18. The van der Waals surface area contributed by atoms with Crippen LogP contribution in [0, 0.1) is 10.8 Å². The van der Waals surface area contributed by atoms with E-state index in [0.717, 1.165) is 0 Å². The number of fused-ring (bicyclic) bond motifs is 1. The number of hydrogen-bond donors (Lipinski definition) is 0. The number of carbonyl (C=O) groups excluding carboxylic acids is 2. The zero-order chi connectivity index (χ0) is 8.98. The van der Waals surface area contributed by atoms with Crippen LogP contribution in [0.5, 0.6) is 0 Å². The third kappa shape index (κ3) is 0.533. The summed E-state index contributed by atoms with van der Waals surface area (Å²) in [5, 5.41) is 0. The van der Waals surface area contributed by atoms with Gasteiger partial charge in [0.05, 0.1) is 10.8 Å². The zero-order valence-corrected chi connectivity index (χ0v) is 7.13. The number of hydrogen-bond acceptors (Lipinski definition) is 2. The van der Waals surface area contributed by atoms with E-state index in [9.17, 15) is 9.59 Å². The molecule has 2 aliphatic rings. The minimum Gasteiger partial charge on any atom is -0.294 e. The number of rotatable bonds is 0. The summed E-state index contributed by atoms with van der Waals surface area (Å²) in [6, 6.07) is 0. The van der Waals surface area contributed by atoms with Crippen molar-refractivity contribution in [2.45, 2.75) is 13.8 Å². The molecule has 62 valence electrons. The quantitative estimate of drug-likeness (QED) is 0.537. The standard InChI is InChI=1S/C10H10O2/c1-9-5-3-8(12)10(9,2)6-4-7(9)11/h3-6H,1-2H3. The van der Waals surface area contributed by atoms with Gasteiger partial charge in [0.2, 0.25) is 0 Å². The van der Waals surface area contributed by atoms with E-state index in [0.29, 0.717) is 0 Å². The van der Waals surface area contributed by atoms with Crippen molar-refractivity contribution in [3.8, 4) is 0 Å². The molecule has 12 heavy (non-hydrogen) atoms. The first-order valence-electron chi connectivity index (χ1n) is 3.98. The topological polar surface area (TPSA) is 34.1 Å². The van der Waals surface area contributed by atoms with Crippen LogP contribution in [0.1, 0.15) is 13.8 Å². The third-order valence-corrected chi connectivity index (χ3v) is 3.24. The fourth-order valence-corrected chi connectivity index (χ4v) is 1.85. The molecular weight excluding hydrogens is 152 g/mol. The van der Waals surface area contributed by atoms with Crippen LogP contribution >= 0.6 is 0 Å². The van der Waals surface area contributed by atoms with Gasteiger partial charge < -0.3 is 0 Å². The van der Waals surface area contributed by atoms with Crippen LogP contribution in [0.3, 0.4) is 0 Å². The molecule has 0 saturated heterocycles. The minimum absolute atomic E-state index is 0.0344. The number of carbonyl (C=O) groups is 2. The van der Waals surface area contributed by atoms with Crippen molar-refractivity contribution >= 4 is 11.6 Å². The van der Waals surface area contributed by atoms with E-state index in [1.54, 1.807) is 12.2 Å². The van der Waals surface area contributed by atoms with E-state index in [4.69, 9.17) is 0 Å². The second-order valence-corrected chi connectivity index (χ2v) is 3.80. The Morgan fingerprint density at radius 2 is 1.25 bits per heavy atom. The average Bonchev–Trinajstić information content (AvgIpc) is 2.39. The zero-order valence-electron chi connectivity index (χ0n) is 7.13. The van der Waals surface area contributed by atoms with Crippen molar-refractivity contribution in [3.63, 3.8) is 0 Å². The van der Waals surface area contributed by atoms with E-state index in [1.807, 2.05) is 13.8 Å². The Balaban J connectivity index is 2.63. The highest BCUT2D eigenvalue weighted by atomic mass is 16.1. The molecule has 0 saturated carbocycles. The highest BCUT2D eigenvalue weighted by molar-refractivity contribution is 6.13. The van der Waals surface area contributed by atoms with Gasteiger partial charge in [-0.2, -0.15) is 0 Å². The van der Waals surface area contributed by atoms with Crippen molar-refractivity contribution in [2.75, 3.05) is 0 Å². The minimum atomic E-state index is -0.607. The first-order chi connectivity index (χ1) is 5.51. The molecule has 2 aliphatic carbocycles. The van der Waals surface area contributed by atoms with Gasteiger partial charge in [-0.25, -0.2) is 0 Å². The highest BCUT2D eigenvalue weighted by Gasteiger charge is 2.56. The molecule has 0 aromatic rings. The van der Waals surface area contributed by atoms with E-state index in [2.05, 4.69) is 0 Å². The van der Waals surface area contributed by atoms with E-state index >= 15 is 0 Å². The Morgan fingerprint density at radius 3 is 1.58 bits per heavy atom. The summed E-state index contributed by atoms with van der Waals surface area (Å²) in [5.74, 6) is 0.0687. The van der Waals surface area contributed by atoms with Gasteiger partial charge in [-0.05, 0) is 26.0 Å². The first kappa shape index (κ1) is 7.47. The van der Waals surface area contributed by atoms with Crippen LogP contribution in [0.15, 0.2) is 24.3 Å². The molecule has 0 amide bonds. The van der Waals surface area contributed by atoms with Crippen LogP contribution < -0.4 is 0 Å². The molecule has 0 heterocycles. The lowest BCUT2D eigenvalue weighted by atomic mass is 9.69. The predicted octanol–water partition coefficient (Wildman–Crippen LogP) is 1.28. The van der Waals surface area contributed by atoms with Crippen molar-refractivity contribution in [2.24, 2.45) is 10.8 Å². The normalized spacial score (nSPS) is 44.2. The highest BCUT2D eigenvalue weighted by Crippen LogP contribution is 2.51. The van der Waals surface area contributed by atoms with Crippen molar-refractivity contribution in [1.82, 2.24) is 0 Å². The van der Waals surface area contributed by atoms with Crippen LogP contribution in [0.25, 0.3) is 0 Å². The van der Waals surface area contributed by atoms with Crippen molar-refractivity contribution in [3.05, 3.63) is 24.3 Å². The number of allylic oxidation sites excluding steroid dienone is 4. The van der Waals surface area contributed by atoms with Crippen LogP contribution in [0.4, 0.5) is 0 Å². The molecule has 2 rings (SSSR count). The molecule has 0 N–H and O–H groups in total. The Kier molecular flexibility index (Phi) is 1.10. The Labute approximate surface area is 71.0 Å². The van der Waals surface area contributed by atoms with Gasteiger partial charge >= 0.3 is 0 Å². The molecule has 2 heteroatoms. The van der Waals surface area contributed by atoms with E-state index in [-0.39, 0.29) is 11.6 Å². The van der Waals surface area contributed by atoms with Gasteiger partial charge in [0, 0.05) is 0 Å². The fraction of sp³-hybridized carbons (Fsp3) is 0.400. The molecule has 0 fully saturated rings. The lowest BCUT2D eigenvalue weighted by Crippen LogP contribution is -2.37. The second kappa shape index (κ2) is 1.76. The van der Waals surface area contributed by atoms with Crippen LogP contribution in [-0.4, -0.2) is 11.6 Å². The maximum absolute atomic E-state index is 11.4. The Morgan fingerprint density at radius 1 is 0.917 bits per heavy atom. The largest absolute Gasteiger partial charge is 0.294 e. The van der Waals surface area contributed by atoms with Crippen molar-refractivity contribution < 1.29 is 9.59 Å². The van der Waals surface area contributed by atoms with Crippen LogP contribution in [0.2, 0.25) is 0 Å². The lowest BCUT2D eigenvalue weighted by molar-refractivity contribution is -0.130. The first-order valence-corrected chi connectivity index (χ1v) is 3.98. The second-order valence-electron chi connectivity index (χ2n) is 3.80. The van der Waals surface area contributed by atoms with Gasteiger partial charge in [0.1, 0.15) is 0 Å². The molecule has 0 aromatic carbocycles. The van der Waals surface area contributed by atoms with Gasteiger partial charge in [-0.3, -0.25) is 9.59 Å². The van der Waals surface area contributed by atoms with Gasteiger partial charge in [-0.15, -0.1) is 0 Å². The number of ketones is 2. The summed E-state index contributed by atoms with van der Waals surface area (Å²) >= 11 is 0. The summed E-state index contributed by atoms with van der Waals surface area (Å²) in [4.78, 5) is 22.9. The van der Waals surface area contributed by atoms with Crippen LogP contribution in [-0.2, 0) is 9.59 Å². The van der Waals surface area contributed by atoms with Gasteiger partial charge in [0.15, 0.2) is 11.6 Å². The van der Waals surface area contributed by atoms with E-state index < -0.39 is 10.8 Å². The summed E-state index contributed by atoms with van der Waals surface area (Å²) < 4.78 is 0. The molecule has 2 atom stereocenters. The smallest absolute Gasteiger partial charge is 0.166 e. The maximum Gasteiger partial charge on any atom is 0.166 e. The molecule has 0 bridgehead atoms. The molecule has 2 unspecified atom stereocenters. The molecule has 2 nitrogen and oxygen atoms in total. The molecular formula is C10H10O2. The van der Waals surface area contributed by atoms with Crippen molar-refractivity contribution in [1.29, 1.82) is 0 Å². The summed E-state index contributed by atoms with van der Waals surface area (Å²) in [5.41, 5.74) is -1.21. The third-order valence-electron chi connectivity index (χ3n) is 3.24. The molecule has 0 radical (unpaired) electrons. The Bertz CT molecular complexity index is 304. The average molecular weight is 162 g/mol. The van der Waals surface area contributed by atoms with Gasteiger partial charge in [0.25, 0.3) is 0 Å². The summed E-state index contributed by atoms with van der Waals surface area (Å²) in [6.45, 7) is 3.63. The monoisotopic (exact) mass is 162 g/mol. The SMILES string of the molecule is CC12C=CC(=O)C1(C)C=CC2=O. The summed E-state index contributed by atoms with van der Waals surface area (Å²) in [6.07, 6.45) is 6.47. The molecule has 0 aliphatic heterocycles. The van der Waals surface area contributed by atoms with E-state index in [1.165, 1.54) is 12.2 Å². The molecule has 0 aromatic heterocycles. The summed E-state index contributed by atoms with van der Waals surface area (Å²) in [7, 11) is 0. The molecule has 0 spiro atoms. The fourth-order valence-electron chi connectivity index (χ4n) is 1.85. The predicted molar refractivity (Wildman–Crippen MR) is 44.5 cm³/mol. The maximum atomic E-state index is 11.4. The lowest BCUT2D eigenvalue weighted by Gasteiger charge is -2.29. The van der Waals surface area contributed by atoms with Gasteiger partial charge in [-0.1, -0.05) is 12.2 Å².